The number of carbonyl (C=O) groups is 1. The summed E-state index contributed by atoms with van der Waals surface area (Å²) in [5.74, 6) is -0.373. The van der Waals surface area contributed by atoms with Crippen molar-refractivity contribution in [1.82, 2.24) is 9.55 Å². The van der Waals surface area contributed by atoms with Gasteiger partial charge in [-0.05, 0) is 18.6 Å². The zero-order valence-corrected chi connectivity index (χ0v) is 13.2. The molecule has 0 saturated heterocycles. The van der Waals surface area contributed by atoms with E-state index >= 15 is 0 Å². The van der Waals surface area contributed by atoms with Gasteiger partial charge in [0.1, 0.15) is 5.82 Å². The van der Waals surface area contributed by atoms with Crippen molar-refractivity contribution in [3.8, 4) is 0 Å². The SMILES string of the molecule is CCCCn1c(N)c(N(C)C(=O)c2ccccc2)c(=O)[nH]c1=O. The van der Waals surface area contributed by atoms with Crippen molar-refractivity contribution in [3.05, 3.63) is 56.7 Å². The van der Waals surface area contributed by atoms with Crippen LogP contribution in [0.15, 0.2) is 39.9 Å². The van der Waals surface area contributed by atoms with E-state index < -0.39 is 11.2 Å². The minimum absolute atomic E-state index is 0.000943. The topological polar surface area (TPSA) is 101 Å². The van der Waals surface area contributed by atoms with E-state index in [-0.39, 0.29) is 17.4 Å². The molecule has 2 rings (SSSR count). The average Bonchev–Trinajstić information content (AvgIpc) is 2.54. The summed E-state index contributed by atoms with van der Waals surface area (Å²) in [6.07, 6.45) is 1.62. The first-order valence-electron chi connectivity index (χ1n) is 7.43. The first kappa shape index (κ1) is 16.5. The van der Waals surface area contributed by atoms with Gasteiger partial charge in [0, 0.05) is 19.2 Å². The van der Waals surface area contributed by atoms with E-state index in [9.17, 15) is 14.4 Å². The number of nitrogens with two attached hydrogens (primary N) is 1. The first-order valence-corrected chi connectivity index (χ1v) is 7.43. The average molecular weight is 316 g/mol. The quantitative estimate of drug-likeness (QED) is 0.865. The van der Waals surface area contributed by atoms with E-state index in [0.717, 1.165) is 12.8 Å². The molecule has 0 unspecified atom stereocenters. The molecule has 1 heterocycles. The standard InChI is InChI=1S/C16H20N4O3/c1-3-4-10-20-13(17)12(14(21)18-16(20)23)19(2)15(22)11-8-6-5-7-9-11/h5-9H,3-4,10,17H2,1-2H3,(H,18,21,23). The Morgan fingerprint density at radius 1 is 1.26 bits per heavy atom. The van der Waals surface area contributed by atoms with Gasteiger partial charge >= 0.3 is 5.69 Å². The van der Waals surface area contributed by atoms with Gasteiger partial charge in [0.2, 0.25) is 0 Å². The van der Waals surface area contributed by atoms with Gasteiger partial charge in [0.25, 0.3) is 11.5 Å². The lowest BCUT2D eigenvalue weighted by atomic mass is 10.2. The highest BCUT2D eigenvalue weighted by Crippen LogP contribution is 2.17. The minimum Gasteiger partial charge on any atom is -0.383 e. The molecule has 0 spiro atoms. The van der Waals surface area contributed by atoms with Crippen LogP contribution in [0.25, 0.3) is 0 Å². The summed E-state index contributed by atoms with van der Waals surface area (Å²) < 4.78 is 1.29. The van der Waals surface area contributed by atoms with Crippen LogP contribution in [0.3, 0.4) is 0 Å². The molecule has 122 valence electrons. The number of benzene rings is 1. The van der Waals surface area contributed by atoms with E-state index in [0.29, 0.717) is 12.1 Å². The molecule has 0 fully saturated rings. The Labute approximate surface area is 133 Å². The number of nitrogens with zero attached hydrogens (tertiary/aromatic N) is 2. The van der Waals surface area contributed by atoms with Gasteiger partial charge in [-0.3, -0.25) is 19.1 Å². The Morgan fingerprint density at radius 3 is 2.52 bits per heavy atom. The number of hydrogen-bond acceptors (Lipinski definition) is 4. The summed E-state index contributed by atoms with van der Waals surface area (Å²) in [7, 11) is 1.46. The summed E-state index contributed by atoms with van der Waals surface area (Å²) in [4.78, 5) is 39.9. The maximum atomic E-state index is 12.5. The molecule has 0 radical (unpaired) electrons. The highest BCUT2D eigenvalue weighted by Gasteiger charge is 2.21. The Balaban J connectivity index is 2.48. The van der Waals surface area contributed by atoms with E-state index in [1.807, 2.05) is 6.92 Å². The summed E-state index contributed by atoms with van der Waals surface area (Å²) >= 11 is 0. The largest absolute Gasteiger partial charge is 0.383 e. The molecule has 0 bridgehead atoms. The number of amides is 1. The number of nitrogen functional groups attached to an aromatic ring is 1. The summed E-state index contributed by atoms with van der Waals surface area (Å²) in [6.45, 7) is 2.37. The van der Waals surface area contributed by atoms with Crippen LogP contribution in [0, 0.1) is 0 Å². The minimum atomic E-state index is -0.674. The molecule has 1 amide bonds. The monoisotopic (exact) mass is 316 g/mol. The van der Waals surface area contributed by atoms with Crippen molar-refractivity contribution in [2.75, 3.05) is 17.7 Å². The smallest absolute Gasteiger partial charge is 0.330 e. The zero-order chi connectivity index (χ0) is 17.0. The zero-order valence-electron chi connectivity index (χ0n) is 13.2. The molecule has 1 aromatic heterocycles. The summed E-state index contributed by atoms with van der Waals surface area (Å²) in [5, 5.41) is 0. The Bertz CT molecular complexity index is 808. The van der Waals surface area contributed by atoms with Gasteiger partial charge in [-0.2, -0.15) is 0 Å². The number of anilines is 2. The van der Waals surface area contributed by atoms with Crippen LogP contribution >= 0.6 is 0 Å². The van der Waals surface area contributed by atoms with Gasteiger partial charge in [-0.1, -0.05) is 31.5 Å². The third-order valence-corrected chi connectivity index (χ3v) is 3.61. The van der Waals surface area contributed by atoms with Crippen LogP contribution < -0.4 is 21.9 Å². The maximum absolute atomic E-state index is 12.5. The predicted molar refractivity (Wildman–Crippen MR) is 89.8 cm³/mol. The summed E-state index contributed by atoms with van der Waals surface area (Å²) in [5.41, 5.74) is 5.16. The normalized spacial score (nSPS) is 10.5. The number of nitrogens with one attached hydrogen (secondary N) is 1. The van der Waals surface area contributed by atoms with Gasteiger partial charge in [0.15, 0.2) is 5.69 Å². The number of unbranched alkanes of at least 4 members (excludes halogenated alkanes) is 1. The molecule has 0 aliphatic heterocycles. The molecule has 7 heteroatoms. The van der Waals surface area contributed by atoms with E-state index in [4.69, 9.17) is 5.73 Å². The lowest BCUT2D eigenvalue weighted by molar-refractivity contribution is 0.0992. The van der Waals surface area contributed by atoms with Crippen molar-refractivity contribution in [1.29, 1.82) is 0 Å². The summed E-state index contributed by atoms with van der Waals surface area (Å²) in [6, 6.07) is 8.56. The molecule has 0 saturated carbocycles. The van der Waals surface area contributed by atoms with Crippen LogP contribution in [0.1, 0.15) is 30.1 Å². The van der Waals surface area contributed by atoms with Gasteiger partial charge in [0.05, 0.1) is 0 Å². The predicted octanol–water partition coefficient (Wildman–Crippen LogP) is 1.20. The second-order valence-electron chi connectivity index (χ2n) is 5.23. The van der Waals surface area contributed by atoms with Gasteiger partial charge < -0.3 is 10.6 Å². The van der Waals surface area contributed by atoms with E-state index in [1.54, 1.807) is 30.3 Å². The second-order valence-corrected chi connectivity index (χ2v) is 5.23. The number of carbonyl (C=O) groups excluding carboxylic acids is 1. The first-order chi connectivity index (χ1) is 11.0. The molecule has 2 aromatic rings. The lowest BCUT2D eigenvalue weighted by Crippen LogP contribution is -2.39. The molecule has 23 heavy (non-hydrogen) atoms. The molecule has 3 N–H and O–H groups in total. The number of H-pyrrole nitrogens is 1. The Hall–Kier alpha value is -2.83. The highest BCUT2D eigenvalue weighted by atomic mass is 16.2. The van der Waals surface area contributed by atoms with Crippen LogP contribution in [0.2, 0.25) is 0 Å². The fraction of sp³-hybridized carbons (Fsp3) is 0.312. The van der Waals surface area contributed by atoms with Crippen LogP contribution in [0.5, 0.6) is 0 Å². The van der Waals surface area contributed by atoms with Gasteiger partial charge in [-0.25, -0.2) is 4.79 Å². The van der Waals surface area contributed by atoms with E-state index in [1.165, 1.54) is 16.5 Å². The van der Waals surface area contributed by atoms with E-state index in [2.05, 4.69) is 4.98 Å². The lowest BCUT2D eigenvalue weighted by Gasteiger charge is -2.20. The molecular formula is C16H20N4O3. The third kappa shape index (κ3) is 3.33. The van der Waals surface area contributed by atoms with Crippen molar-refractivity contribution >= 4 is 17.4 Å². The van der Waals surface area contributed by atoms with Crippen LogP contribution in [0.4, 0.5) is 11.5 Å². The Kier molecular flexibility index (Phi) is 5.00. The number of hydrogen-bond donors (Lipinski definition) is 2. The fourth-order valence-electron chi connectivity index (χ4n) is 2.32. The van der Waals surface area contributed by atoms with Crippen LogP contribution in [-0.2, 0) is 6.54 Å². The van der Waals surface area contributed by atoms with Crippen molar-refractivity contribution < 1.29 is 4.79 Å². The molecular weight excluding hydrogens is 296 g/mol. The molecule has 0 aliphatic rings. The highest BCUT2D eigenvalue weighted by molar-refractivity contribution is 6.06. The molecule has 1 aromatic carbocycles. The van der Waals surface area contributed by atoms with Crippen molar-refractivity contribution in [2.24, 2.45) is 0 Å². The van der Waals surface area contributed by atoms with Crippen molar-refractivity contribution in [3.63, 3.8) is 0 Å². The fourth-order valence-corrected chi connectivity index (χ4v) is 2.32. The number of aromatic amines is 1. The molecule has 0 atom stereocenters. The second kappa shape index (κ2) is 6.95. The van der Waals surface area contributed by atoms with Gasteiger partial charge in [-0.15, -0.1) is 0 Å². The van der Waals surface area contributed by atoms with Crippen molar-refractivity contribution in [2.45, 2.75) is 26.3 Å². The Morgan fingerprint density at radius 2 is 1.91 bits per heavy atom. The van der Waals surface area contributed by atoms with Crippen LogP contribution in [-0.4, -0.2) is 22.5 Å². The number of rotatable bonds is 5. The number of aromatic nitrogens is 2. The third-order valence-electron chi connectivity index (χ3n) is 3.61. The molecule has 7 nitrogen and oxygen atoms in total. The molecule has 0 aliphatic carbocycles. The maximum Gasteiger partial charge on any atom is 0.330 e.